The van der Waals surface area contributed by atoms with Gasteiger partial charge < -0.3 is 25.2 Å². The van der Waals surface area contributed by atoms with E-state index in [-0.39, 0.29) is 34.7 Å². The van der Waals surface area contributed by atoms with Crippen molar-refractivity contribution >= 4 is 12.2 Å². The molecule has 0 aliphatic heterocycles. The highest BCUT2D eigenvalue weighted by atomic mass is 16.6. The van der Waals surface area contributed by atoms with Crippen LogP contribution in [-0.2, 0) is 9.47 Å². The molecule has 0 spiro atoms. The molecule has 0 aliphatic carbocycles. The molecule has 7 heteroatoms. The van der Waals surface area contributed by atoms with Crippen molar-refractivity contribution < 1.29 is 24.2 Å². The van der Waals surface area contributed by atoms with Crippen LogP contribution < -0.4 is 10.6 Å². The van der Waals surface area contributed by atoms with Crippen LogP contribution >= 0.6 is 0 Å². The molecule has 0 aromatic heterocycles. The number of nitrogens with one attached hydrogen (secondary N) is 2. The van der Waals surface area contributed by atoms with E-state index in [1.165, 1.54) is 0 Å². The predicted octanol–water partition coefficient (Wildman–Crippen LogP) is 5.11. The summed E-state index contributed by atoms with van der Waals surface area (Å²) in [6.45, 7) is 21.8. The molecule has 0 saturated heterocycles. The Morgan fingerprint density at radius 1 is 0.774 bits per heavy atom. The van der Waals surface area contributed by atoms with Crippen LogP contribution in [0.1, 0.15) is 88.5 Å². The topological polar surface area (TPSA) is 96.9 Å². The zero-order valence-corrected chi connectivity index (χ0v) is 21.6. The van der Waals surface area contributed by atoms with E-state index >= 15 is 0 Å². The number of carbonyl (C=O) groups is 2. The maximum absolute atomic E-state index is 12.0. The largest absolute Gasteiger partial charge is 0.449 e. The average molecular weight is 445 g/mol. The van der Waals surface area contributed by atoms with Crippen LogP contribution in [0.15, 0.2) is 0 Å². The lowest BCUT2D eigenvalue weighted by atomic mass is 9.74. The fourth-order valence-corrected chi connectivity index (χ4v) is 4.12. The molecule has 2 amide bonds. The highest BCUT2D eigenvalue weighted by Crippen LogP contribution is 2.36. The zero-order chi connectivity index (χ0) is 24.5. The van der Waals surface area contributed by atoms with Crippen molar-refractivity contribution in [1.82, 2.24) is 10.6 Å². The first-order valence-corrected chi connectivity index (χ1v) is 11.4. The first kappa shape index (κ1) is 29.5. The molecule has 184 valence electrons. The van der Waals surface area contributed by atoms with Gasteiger partial charge in [-0.2, -0.15) is 0 Å². The second-order valence-electron chi connectivity index (χ2n) is 12.4. The molecule has 0 heterocycles. The lowest BCUT2D eigenvalue weighted by Crippen LogP contribution is -2.41. The summed E-state index contributed by atoms with van der Waals surface area (Å²) in [6.07, 6.45) is 0.664. The Hall–Kier alpha value is -1.50. The number of alkyl carbamates (subject to hydrolysis) is 2. The van der Waals surface area contributed by atoms with Gasteiger partial charge >= 0.3 is 12.2 Å². The Labute approximate surface area is 190 Å². The number of carbonyl (C=O) groups excluding carboxylic acids is 2. The van der Waals surface area contributed by atoms with Gasteiger partial charge in [-0.1, -0.05) is 69.2 Å². The fraction of sp³-hybridized carbons (Fsp3) is 0.917. The van der Waals surface area contributed by atoms with Gasteiger partial charge in [-0.25, -0.2) is 9.59 Å². The minimum absolute atomic E-state index is 0.0171. The Morgan fingerprint density at radius 2 is 1.19 bits per heavy atom. The SMILES string of the molecule is CCC(C)(COC(=O)NCC(O)CNC(=O)OCC(C)(C)CC(C)(C)C)CC(C)(C)C. The van der Waals surface area contributed by atoms with E-state index in [0.29, 0.717) is 13.2 Å². The molecule has 31 heavy (non-hydrogen) atoms. The third kappa shape index (κ3) is 15.9. The van der Waals surface area contributed by atoms with Crippen molar-refractivity contribution in [3.63, 3.8) is 0 Å². The van der Waals surface area contributed by atoms with Gasteiger partial charge in [0.25, 0.3) is 0 Å². The van der Waals surface area contributed by atoms with Gasteiger partial charge in [0.15, 0.2) is 0 Å². The maximum atomic E-state index is 12.0. The molecule has 2 atom stereocenters. The second kappa shape index (κ2) is 11.9. The van der Waals surface area contributed by atoms with Gasteiger partial charge in [0.2, 0.25) is 0 Å². The maximum Gasteiger partial charge on any atom is 0.407 e. The Balaban J connectivity index is 4.21. The number of aliphatic hydroxyl groups excluding tert-OH is 1. The van der Waals surface area contributed by atoms with Gasteiger partial charge in [-0.05, 0) is 35.5 Å². The van der Waals surface area contributed by atoms with Gasteiger partial charge in [-0.3, -0.25) is 0 Å². The van der Waals surface area contributed by atoms with Gasteiger partial charge in [-0.15, -0.1) is 0 Å². The summed E-state index contributed by atoms with van der Waals surface area (Å²) in [7, 11) is 0. The number of aliphatic hydroxyl groups is 1. The van der Waals surface area contributed by atoms with Crippen molar-refractivity contribution in [2.24, 2.45) is 21.7 Å². The van der Waals surface area contributed by atoms with E-state index in [0.717, 1.165) is 19.3 Å². The third-order valence-electron chi connectivity index (χ3n) is 4.93. The van der Waals surface area contributed by atoms with Crippen LogP contribution in [0.5, 0.6) is 0 Å². The van der Waals surface area contributed by atoms with E-state index in [9.17, 15) is 14.7 Å². The van der Waals surface area contributed by atoms with Gasteiger partial charge in [0.05, 0.1) is 19.3 Å². The fourth-order valence-electron chi connectivity index (χ4n) is 4.12. The number of rotatable bonds is 11. The average Bonchev–Trinajstić information content (AvgIpc) is 2.58. The van der Waals surface area contributed by atoms with Crippen molar-refractivity contribution in [2.45, 2.75) is 94.6 Å². The number of ether oxygens (including phenoxy) is 2. The second-order valence-corrected chi connectivity index (χ2v) is 12.4. The van der Waals surface area contributed by atoms with Crippen molar-refractivity contribution in [2.75, 3.05) is 26.3 Å². The van der Waals surface area contributed by atoms with E-state index in [1.54, 1.807) is 0 Å². The third-order valence-corrected chi connectivity index (χ3v) is 4.93. The predicted molar refractivity (Wildman–Crippen MR) is 125 cm³/mol. The lowest BCUT2D eigenvalue weighted by molar-refractivity contribution is 0.0581. The standard InChI is InChI=1S/C24H48N2O5/c1-11-24(10,15-22(5,6)7)17-31-20(29)26-13-18(27)12-25-19(28)30-16-23(8,9)14-21(2,3)4/h18,27H,11-17H2,1-10H3,(H,25,28)(H,26,29). The Bertz CT molecular complexity index is 563. The molecule has 2 unspecified atom stereocenters. The van der Waals surface area contributed by atoms with E-state index in [4.69, 9.17) is 9.47 Å². The summed E-state index contributed by atoms with van der Waals surface area (Å²) in [5, 5.41) is 15.1. The van der Waals surface area contributed by atoms with E-state index in [1.807, 2.05) is 0 Å². The van der Waals surface area contributed by atoms with Crippen LogP contribution in [0.25, 0.3) is 0 Å². The van der Waals surface area contributed by atoms with Crippen LogP contribution in [0.4, 0.5) is 9.59 Å². The summed E-state index contributed by atoms with van der Waals surface area (Å²) in [5.74, 6) is 0. The Kier molecular flexibility index (Phi) is 11.4. The van der Waals surface area contributed by atoms with E-state index < -0.39 is 18.3 Å². The molecular weight excluding hydrogens is 396 g/mol. The molecular formula is C24H48N2O5. The molecule has 0 aromatic rings. The lowest BCUT2D eigenvalue weighted by Gasteiger charge is -2.34. The van der Waals surface area contributed by atoms with Crippen molar-refractivity contribution in [1.29, 1.82) is 0 Å². The summed E-state index contributed by atoms with van der Waals surface area (Å²) >= 11 is 0. The van der Waals surface area contributed by atoms with Crippen LogP contribution in [0.3, 0.4) is 0 Å². The number of amides is 2. The zero-order valence-electron chi connectivity index (χ0n) is 21.6. The molecule has 7 nitrogen and oxygen atoms in total. The normalized spacial score (nSPS) is 15.6. The highest BCUT2D eigenvalue weighted by Gasteiger charge is 2.30. The molecule has 0 aromatic carbocycles. The number of hydrogen-bond donors (Lipinski definition) is 3. The molecule has 0 fully saturated rings. The molecule has 0 saturated carbocycles. The minimum Gasteiger partial charge on any atom is -0.449 e. The van der Waals surface area contributed by atoms with Crippen molar-refractivity contribution in [3.05, 3.63) is 0 Å². The summed E-state index contributed by atoms with van der Waals surface area (Å²) in [5.41, 5.74) is 0.0456. The van der Waals surface area contributed by atoms with Gasteiger partial charge in [0.1, 0.15) is 0 Å². The number of hydrogen-bond acceptors (Lipinski definition) is 5. The first-order valence-electron chi connectivity index (χ1n) is 11.4. The summed E-state index contributed by atoms with van der Waals surface area (Å²) in [6, 6.07) is 0. The van der Waals surface area contributed by atoms with Gasteiger partial charge in [0, 0.05) is 18.5 Å². The molecule has 0 bridgehead atoms. The summed E-state index contributed by atoms with van der Waals surface area (Å²) in [4.78, 5) is 23.9. The smallest absolute Gasteiger partial charge is 0.407 e. The van der Waals surface area contributed by atoms with E-state index in [2.05, 4.69) is 79.9 Å². The van der Waals surface area contributed by atoms with Crippen molar-refractivity contribution in [3.8, 4) is 0 Å². The molecule has 3 N–H and O–H groups in total. The molecule has 0 radical (unpaired) electrons. The minimum atomic E-state index is -0.935. The van der Waals surface area contributed by atoms with Crippen LogP contribution in [0.2, 0.25) is 0 Å². The summed E-state index contributed by atoms with van der Waals surface area (Å²) < 4.78 is 10.6. The molecule has 0 rings (SSSR count). The monoisotopic (exact) mass is 444 g/mol. The quantitative estimate of drug-likeness (QED) is 0.411. The highest BCUT2D eigenvalue weighted by molar-refractivity contribution is 5.68. The Morgan fingerprint density at radius 3 is 1.58 bits per heavy atom. The van der Waals surface area contributed by atoms with Crippen LogP contribution in [0, 0.1) is 21.7 Å². The first-order chi connectivity index (χ1) is 13.9. The molecule has 0 aliphatic rings. The van der Waals surface area contributed by atoms with Crippen LogP contribution in [-0.4, -0.2) is 49.7 Å².